The normalized spacial score (nSPS) is 22.6. The number of benzene rings is 2. The highest BCUT2D eigenvalue weighted by Crippen LogP contribution is 2.28. The molecule has 0 aromatic heterocycles. The first kappa shape index (κ1) is 20.6. The average molecular weight is 403 g/mol. The highest BCUT2D eigenvalue weighted by molar-refractivity contribution is 6.30. The second-order valence-electron chi connectivity index (χ2n) is 7.47. The molecule has 6 heteroatoms. The maximum absolute atomic E-state index is 12.5. The van der Waals surface area contributed by atoms with Crippen molar-refractivity contribution < 1.29 is 14.6 Å². The highest BCUT2D eigenvalue weighted by Gasteiger charge is 2.39. The van der Waals surface area contributed by atoms with Crippen LogP contribution in [-0.4, -0.2) is 47.3 Å². The Kier molecular flexibility index (Phi) is 6.60. The number of para-hydroxylation sites is 1. The quantitative estimate of drug-likeness (QED) is 0.772. The number of anilines is 1. The fourth-order valence-corrected chi connectivity index (χ4v) is 3.60. The zero-order chi connectivity index (χ0) is 20.1. The summed E-state index contributed by atoms with van der Waals surface area (Å²) in [4.78, 5) is 14.6. The van der Waals surface area contributed by atoms with Gasteiger partial charge in [-0.2, -0.15) is 0 Å². The number of piperidine rings is 1. The number of hydrogen-bond acceptors (Lipinski definition) is 4. The molecule has 5 nitrogen and oxygen atoms in total. The summed E-state index contributed by atoms with van der Waals surface area (Å²) in [5, 5.41) is 14.3. The van der Waals surface area contributed by atoms with Gasteiger partial charge in [-0.3, -0.25) is 9.69 Å². The molecular weight excluding hydrogens is 376 g/mol. The minimum atomic E-state index is -0.968. The molecule has 0 bridgehead atoms. The van der Waals surface area contributed by atoms with E-state index >= 15 is 0 Å². The Morgan fingerprint density at radius 3 is 2.86 bits per heavy atom. The van der Waals surface area contributed by atoms with Crippen molar-refractivity contribution in [3.63, 3.8) is 0 Å². The predicted octanol–water partition coefficient (Wildman–Crippen LogP) is 3.75. The minimum Gasteiger partial charge on any atom is -0.486 e. The number of carbonyl (C=O) groups excluding carboxylic acids is 1. The molecule has 1 aliphatic rings. The molecule has 2 aromatic carbocycles. The molecule has 2 atom stereocenters. The van der Waals surface area contributed by atoms with E-state index in [4.69, 9.17) is 16.3 Å². The second-order valence-corrected chi connectivity index (χ2v) is 7.90. The topological polar surface area (TPSA) is 61.8 Å². The van der Waals surface area contributed by atoms with Crippen LogP contribution in [0, 0.1) is 0 Å². The van der Waals surface area contributed by atoms with Gasteiger partial charge in [0.1, 0.15) is 17.5 Å². The van der Waals surface area contributed by atoms with E-state index in [2.05, 4.69) is 12.2 Å². The van der Waals surface area contributed by atoms with E-state index in [-0.39, 0.29) is 12.5 Å². The average Bonchev–Trinajstić information content (AvgIpc) is 2.65. The lowest BCUT2D eigenvalue weighted by Gasteiger charge is -2.42. The van der Waals surface area contributed by atoms with Crippen molar-refractivity contribution in [2.75, 3.05) is 25.0 Å². The Morgan fingerprint density at radius 2 is 2.11 bits per heavy atom. The number of halogens is 1. The van der Waals surface area contributed by atoms with E-state index < -0.39 is 11.7 Å². The van der Waals surface area contributed by atoms with Crippen molar-refractivity contribution in [1.82, 2.24) is 4.90 Å². The van der Waals surface area contributed by atoms with Gasteiger partial charge in [0.05, 0.1) is 6.54 Å². The van der Waals surface area contributed by atoms with Crippen molar-refractivity contribution >= 4 is 23.2 Å². The molecule has 0 unspecified atom stereocenters. The SMILES string of the molecule is CCc1ccccc1NC(=O)CN1CC[C@](C)(O)[C@@H](Oc2cccc(Cl)c2)C1. The molecule has 2 N–H and O–H groups in total. The number of likely N-dealkylation sites (tertiary alicyclic amines) is 1. The first-order valence-corrected chi connectivity index (χ1v) is 10.00. The molecule has 0 aliphatic carbocycles. The Labute approximate surface area is 171 Å². The van der Waals surface area contributed by atoms with Gasteiger partial charge in [-0.1, -0.05) is 42.8 Å². The van der Waals surface area contributed by atoms with Crippen molar-refractivity contribution in [3.05, 3.63) is 59.1 Å². The Hall–Kier alpha value is -2.08. The molecule has 1 aliphatic heterocycles. The number of carbonyl (C=O) groups is 1. The molecule has 1 heterocycles. The van der Waals surface area contributed by atoms with Gasteiger partial charge in [-0.25, -0.2) is 0 Å². The molecule has 1 amide bonds. The predicted molar refractivity (Wildman–Crippen MR) is 112 cm³/mol. The molecule has 150 valence electrons. The fourth-order valence-electron chi connectivity index (χ4n) is 3.42. The molecule has 1 fully saturated rings. The first-order valence-electron chi connectivity index (χ1n) is 9.62. The van der Waals surface area contributed by atoms with Crippen LogP contribution >= 0.6 is 11.6 Å². The lowest BCUT2D eigenvalue weighted by Crippen LogP contribution is -2.57. The molecule has 1 saturated heterocycles. The highest BCUT2D eigenvalue weighted by atomic mass is 35.5. The molecule has 28 heavy (non-hydrogen) atoms. The van der Waals surface area contributed by atoms with Gasteiger partial charge < -0.3 is 15.2 Å². The number of aliphatic hydroxyl groups is 1. The Morgan fingerprint density at radius 1 is 1.32 bits per heavy atom. The second kappa shape index (κ2) is 8.95. The van der Waals surface area contributed by atoms with Crippen molar-refractivity contribution in [2.24, 2.45) is 0 Å². The lowest BCUT2D eigenvalue weighted by molar-refractivity contribution is -0.122. The fraction of sp³-hybridized carbons (Fsp3) is 0.409. The van der Waals surface area contributed by atoms with Crippen LogP contribution in [-0.2, 0) is 11.2 Å². The lowest BCUT2D eigenvalue weighted by atomic mass is 9.90. The van der Waals surface area contributed by atoms with Crippen LogP contribution in [0.4, 0.5) is 5.69 Å². The number of ether oxygens (including phenoxy) is 1. The van der Waals surface area contributed by atoms with E-state index in [1.165, 1.54) is 0 Å². The largest absolute Gasteiger partial charge is 0.486 e. The molecule has 0 radical (unpaired) electrons. The number of amides is 1. The number of nitrogens with one attached hydrogen (secondary N) is 1. The van der Waals surface area contributed by atoms with E-state index in [0.717, 1.165) is 17.7 Å². The summed E-state index contributed by atoms with van der Waals surface area (Å²) < 4.78 is 6.01. The van der Waals surface area contributed by atoms with Crippen LogP contribution in [0.3, 0.4) is 0 Å². The van der Waals surface area contributed by atoms with Gasteiger partial charge in [-0.05, 0) is 49.6 Å². The summed E-state index contributed by atoms with van der Waals surface area (Å²) in [6, 6.07) is 15.0. The summed E-state index contributed by atoms with van der Waals surface area (Å²) in [5.74, 6) is 0.546. The smallest absolute Gasteiger partial charge is 0.238 e. The van der Waals surface area contributed by atoms with Crippen LogP contribution < -0.4 is 10.1 Å². The number of aryl methyl sites for hydroxylation is 1. The van der Waals surface area contributed by atoms with E-state index in [0.29, 0.717) is 30.3 Å². The van der Waals surface area contributed by atoms with Crippen LogP contribution in [0.2, 0.25) is 5.02 Å². The number of rotatable bonds is 6. The van der Waals surface area contributed by atoms with Crippen LogP contribution in [0.15, 0.2) is 48.5 Å². The molecule has 2 aromatic rings. The zero-order valence-electron chi connectivity index (χ0n) is 16.3. The van der Waals surface area contributed by atoms with Crippen molar-refractivity contribution in [1.29, 1.82) is 0 Å². The van der Waals surface area contributed by atoms with Crippen molar-refractivity contribution in [3.8, 4) is 5.75 Å². The van der Waals surface area contributed by atoms with Crippen LogP contribution in [0.25, 0.3) is 0 Å². The van der Waals surface area contributed by atoms with Gasteiger partial charge in [0, 0.05) is 23.8 Å². The number of nitrogens with zero attached hydrogens (tertiary/aromatic N) is 1. The Balaban J connectivity index is 1.62. The molecule has 3 rings (SSSR count). The van der Waals surface area contributed by atoms with Crippen LogP contribution in [0.1, 0.15) is 25.8 Å². The van der Waals surface area contributed by atoms with Gasteiger partial charge in [0.2, 0.25) is 5.91 Å². The minimum absolute atomic E-state index is 0.0658. The molecule has 0 saturated carbocycles. The zero-order valence-corrected chi connectivity index (χ0v) is 17.1. The maximum Gasteiger partial charge on any atom is 0.238 e. The third-order valence-corrected chi connectivity index (χ3v) is 5.40. The standard InChI is InChI=1S/C22H27ClN2O3/c1-3-16-7-4-5-10-19(16)24-21(26)15-25-12-11-22(2,27)20(14-25)28-18-9-6-8-17(23)13-18/h4-10,13,20,27H,3,11-12,14-15H2,1-2H3,(H,24,26)/t20-,22-/m0/s1. The van der Waals surface area contributed by atoms with Gasteiger partial charge in [0.15, 0.2) is 0 Å². The van der Waals surface area contributed by atoms with Gasteiger partial charge >= 0.3 is 0 Å². The van der Waals surface area contributed by atoms with E-state index in [1.807, 2.05) is 41.3 Å². The summed E-state index contributed by atoms with van der Waals surface area (Å²) in [6.45, 7) is 5.18. The van der Waals surface area contributed by atoms with Crippen LogP contribution in [0.5, 0.6) is 5.75 Å². The molecule has 0 spiro atoms. The van der Waals surface area contributed by atoms with E-state index in [1.54, 1.807) is 19.1 Å². The Bertz CT molecular complexity index is 825. The summed E-state index contributed by atoms with van der Waals surface area (Å²) in [6.07, 6.45) is 0.936. The first-order chi connectivity index (χ1) is 13.4. The summed E-state index contributed by atoms with van der Waals surface area (Å²) in [7, 11) is 0. The third kappa shape index (κ3) is 5.25. The van der Waals surface area contributed by atoms with Crippen molar-refractivity contribution in [2.45, 2.75) is 38.4 Å². The van der Waals surface area contributed by atoms with Gasteiger partial charge in [-0.15, -0.1) is 0 Å². The summed E-state index contributed by atoms with van der Waals surface area (Å²) in [5.41, 5.74) is 0.995. The van der Waals surface area contributed by atoms with E-state index in [9.17, 15) is 9.90 Å². The third-order valence-electron chi connectivity index (χ3n) is 5.17. The number of hydrogen-bond donors (Lipinski definition) is 2. The monoisotopic (exact) mass is 402 g/mol. The maximum atomic E-state index is 12.5. The summed E-state index contributed by atoms with van der Waals surface area (Å²) >= 11 is 6.03. The molecular formula is C22H27ClN2O3. The van der Waals surface area contributed by atoms with Gasteiger partial charge in [0.25, 0.3) is 0 Å².